The van der Waals surface area contributed by atoms with E-state index in [2.05, 4.69) is 9.71 Å². The second-order valence-electron chi connectivity index (χ2n) is 6.26. The molecule has 2 fully saturated rings. The number of sulfonamides is 1. The molecule has 0 aromatic heterocycles. The summed E-state index contributed by atoms with van der Waals surface area (Å²) in [5, 5.41) is -0.596. The molecule has 2 unspecified atom stereocenters. The highest BCUT2D eigenvalue weighted by Gasteiger charge is 2.42. The third-order valence-corrected chi connectivity index (χ3v) is 6.24. The molecule has 3 N–H and O–H groups in total. The molecule has 10 heteroatoms. The first-order chi connectivity index (χ1) is 12.3. The number of hydrogen-bond acceptors (Lipinski definition) is 6. The maximum atomic E-state index is 13.2. The number of rotatable bonds is 4. The van der Waals surface area contributed by atoms with E-state index < -0.39 is 39.3 Å². The summed E-state index contributed by atoms with van der Waals surface area (Å²) in [6, 6.07) is 4.45. The fourth-order valence-corrected chi connectivity index (χ4v) is 4.73. The highest BCUT2D eigenvalue weighted by Crippen LogP contribution is 2.30. The summed E-state index contributed by atoms with van der Waals surface area (Å²) in [5.74, 6) is -0.435. The van der Waals surface area contributed by atoms with Crippen LogP contribution < -0.4 is 10.5 Å². The monoisotopic (exact) mass is 385 g/mol. The summed E-state index contributed by atoms with van der Waals surface area (Å²) in [4.78, 5) is 15.2. The molecular weight excluding hydrogens is 365 g/mol. The molecule has 1 saturated carbocycles. The standard InChI is InChI=1S/C16H20FN3O5S/c17-11-7-5-10(6-8-11)12(9-24-15(18)21)19-16-20-26(22,23)14-4-2-1-3-13(14)25-16/h5-8,12-14H,1-4,9H2,(H2,18,21)(H,19,20)/t12-,13?,14?/m0/s1. The van der Waals surface area contributed by atoms with Crippen LogP contribution in [0.2, 0.25) is 0 Å². The van der Waals surface area contributed by atoms with E-state index in [0.29, 0.717) is 18.4 Å². The quantitative estimate of drug-likeness (QED) is 0.815. The van der Waals surface area contributed by atoms with Gasteiger partial charge in [-0.3, -0.25) is 0 Å². The van der Waals surface area contributed by atoms with Gasteiger partial charge in [0, 0.05) is 0 Å². The van der Waals surface area contributed by atoms with Crippen LogP contribution in [-0.2, 0) is 19.5 Å². The Bertz CT molecular complexity index is 797. The number of nitrogens with two attached hydrogens (primary N) is 1. The Hall–Kier alpha value is -2.36. The highest BCUT2D eigenvalue weighted by molar-refractivity contribution is 7.90. The number of fused-ring (bicyclic) bond motifs is 1. The van der Waals surface area contributed by atoms with Crippen molar-refractivity contribution in [1.29, 1.82) is 0 Å². The predicted molar refractivity (Wildman–Crippen MR) is 91.3 cm³/mol. The second-order valence-corrected chi connectivity index (χ2v) is 8.16. The van der Waals surface area contributed by atoms with Crippen LogP contribution in [0.1, 0.15) is 37.3 Å². The third-order valence-electron chi connectivity index (χ3n) is 4.44. The number of amides is 1. The Morgan fingerprint density at radius 1 is 1.35 bits per heavy atom. The van der Waals surface area contributed by atoms with Crippen molar-refractivity contribution < 1.29 is 27.1 Å². The van der Waals surface area contributed by atoms with Crippen LogP contribution >= 0.6 is 0 Å². The van der Waals surface area contributed by atoms with Gasteiger partial charge in [0.25, 0.3) is 6.02 Å². The summed E-state index contributed by atoms with van der Waals surface area (Å²) in [5.41, 5.74) is 5.52. The molecule has 1 aliphatic carbocycles. The lowest BCUT2D eigenvalue weighted by molar-refractivity contribution is 0.127. The van der Waals surface area contributed by atoms with Crippen molar-refractivity contribution in [1.82, 2.24) is 4.72 Å². The number of halogens is 1. The van der Waals surface area contributed by atoms with Crippen LogP contribution in [0.25, 0.3) is 0 Å². The summed E-state index contributed by atoms with van der Waals surface area (Å²) in [6.45, 7) is -0.232. The van der Waals surface area contributed by atoms with Crippen molar-refractivity contribution in [2.45, 2.75) is 43.1 Å². The minimum absolute atomic E-state index is 0.157. The van der Waals surface area contributed by atoms with Crippen LogP contribution in [0.3, 0.4) is 0 Å². The summed E-state index contributed by atoms with van der Waals surface area (Å²) >= 11 is 0. The molecule has 1 heterocycles. The van der Waals surface area contributed by atoms with Gasteiger partial charge in [-0.2, -0.15) is 0 Å². The zero-order valence-electron chi connectivity index (χ0n) is 13.9. The number of benzene rings is 1. The average molecular weight is 385 g/mol. The van der Waals surface area contributed by atoms with Gasteiger partial charge in [0.05, 0.1) is 0 Å². The van der Waals surface area contributed by atoms with Crippen LogP contribution in [0.4, 0.5) is 9.18 Å². The molecule has 2 aliphatic rings. The molecule has 26 heavy (non-hydrogen) atoms. The van der Waals surface area contributed by atoms with E-state index in [4.69, 9.17) is 15.2 Å². The number of carbonyl (C=O) groups is 1. The van der Waals surface area contributed by atoms with E-state index in [1.807, 2.05) is 0 Å². The minimum Gasteiger partial charge on any atom is -0.460 e. The molecule has 1 amide bonds. The van der Waals surface area contributed by atoms with Crippen molar-refractivity contribution in [2.75, 3.05) is 6.61 Å². The molecule has 1 aliphatic heterocycles. The molecule has 3 rings (SSSR count). The van der Waals surface area contributed by atoms with E-state index >= 15 is 0 Å². The Morgan fingerprint density at radius 3 is 2.73 bits per heavy atom. The zero-order chi connectivity index (χ0) is 18.7. The van der Waals surface area contributed by atoms with Gasteiger partial charge in [-0.05, 0) is 37.0 Å². The molecule has 1 aromatic carbocycles. The molecule has 1 aromatic rings. The van der Waals surface area contributed by atoms with Crippen LogP contribution in [0.15, 0.2) is 29.3 Å². The summed E-state index contributed by atoms with van der Waals surface area (Å²) in [7, 11) is -3.60. The van der Waals surface area contributed by atoms with Gasteiger partial charge >= 0.3 is 6.09 Å². The van der Waals surface area contributed by atoms with Gasteiger partial charge in [-0.1, -0.05) is 18.6 Å². The van der Waals surface area contributed by atoms with Crippen LogP contribution in [0.5, 0.6) is 0 Å². The molecular formula is C16H20FN3O5S. The Labute approximate surface area is 150 Å². The van der Waals surface area contributed by atoms with Crippen molar-refractivity contribution in [3.8, 4) is 0 Å². The molecule has 1 saturated heterocycles. The van der Waals surface area contributed by atoms with Crippen molar-refractivity contribution in [3.63, 3.8) is 0 Å². The lowest BCUT2D eigenvalue weighted by atomic mass is 9.97. The Kier molecular flexibility index (Phi) is 5.30. The number of carbonyl (C=O) groups excluding carboxylic acids is 1. The van der Waals surface area contributed by atoms with E-state index in [1.54, 1.807) is 0 Å². The molecule has 3 atom stereocenters. The number of hydrogen-bond donors (Lipinski definition) is 2. The van der Waals surface area contributed by atoms with E-state index in [0.717, 1.165) is 12.8 Å². The lowest BCUT2D eigenvalue weighted by Crippen LogP contribution is -2.54. The number of nitrogens with zero attached hydrogens (tertiary/aromatic N) is 1. The fourth-order valence-electron chi connectivity index (χ4n) is 3.17. The first kappa shape index (κ1) is 18.4. The first-order valence-corrected chi connectivity index (χ1v) is 9.83. The largest absolute Gasteiger partial charge is 0.460 e. The van der Waals surface area contributed by atoms with Gasteiger partial charge in [0.2, 0.25) is 10.0 Å². The molecule has 0 spiro atoms. The van der Waals surface area contributed by atoms with Gasteiger partial charge in [0.1, 0.15) is 29.8 Å². The van der Waals surface area contributed by atoms with Crippen molar-refractivity contribution in [3.05, 3.63) is 35.6 Å². The van der Waals surface area contributed by atoms with Gasteiger partial charge < -0.3 is 15.2 Å². The normalized spacial score (nSPS) is 26.9. The first-order valence-electron chi connectivity index (χ1n) is 8.29. The maximum Gasteiger partial charge on any atom is 0.404 e. The molecule has 0 bridgehead atoms. The topological polar surface area (TPSA) is 120 Å². The fraction of sp³-hybridized carbons (Fsp3) is 0.500. The van der Waals surface area contributed by atoms with Crippen LogP contribution in [0, 0.1) is 5.82 Å². The number of aliphatic imine (C=N–C) groups is 1. The lowest BCUT2D eigenvalue weighted by Gasteiger charge is -2.36. The third kappa shape index (κ3) is 4.24. The molecule has 142 valence electrons. The van der Waals surface area contributed by atoms with Gasteiger partial charge in [-0.25, -0.2) is 27.3 Å². The average Bonchev–Trinajstić information content (AvgIpc) is 2.59. The number of nitrogens with one attached hydrogen (secondary N) is 1. The highest BCUT2D eigenvalue weighted by atomic mass is 32.2. The Balaban J connectivity index is 1.86. The van der Waals surface area contributed by atoms with E-state index in [1.165, 1.54) is 24.3 Å². The second kappa shape index (κ2) is 7.48. The van der Waals surface area contributed by atoms with Crippen molar-refractivity contribution in [2.24, 2.45) is 10.7 Å². The maximum absolute atomic E-state index is 13.2. The summed E-state index contributed by atoms with van der Waals surface area (Å²) < 4.78 is 50.9. The minimum atomic E-state index is -3.60. The Morgan fingerprint density at radius 2 is 2.04 bits per heavy atom. The molecule has 0 radical (unpaired) electrons. The number of ether oxygens (including phenoxy) is 2. The zero-order valence-corrected chi connectivity index (χ0v) is 14.7. The summed E-state index contributed by atoms with van der Waals surface area (Å²) in [6.07, 6.45) is 1.44. The van der Waals surface area contributed by atoms with Crippen molar-refractivity contribution >= 4 is 22.1 Å². The van der Waals surface area contributed by atoms with Gasteiger partial charge in [0.15, 0.2) is 0 Å². The van der Waals surface area contributed by atoms with Crippen LogP contribution in [-0.4, -0.2) is 38.5 Å². The van der Waals surface area contributed by atoms with Gasteiger partial charge in [-0.15, -0.1) is 0 Å². The van der Waals surface area contributed by atoms with E-state index in [9.17, 15) is 17.6 Å². The van der Waals surface area contributed by atoms with E-state index in [-0.39, 0.29) is 12.6 Å². The SMILES string of the molecule is NC(=O)OC[C@H](N=C1NS(=O)(=O)C2CCCCC2O1)c1ccc(F)cc1. The number of amidine groups is 1. The smallest absolute Gasteiger partial charge is 0.404 e. The predicted octanol–water partition coefficient (Wildman–Crippen LogP) is 1.58. The molecule has 8 nitrogen and oxygen atoms in total. The number of primary amides is 1.